The number of carbonyl (C=O) groups is 1. The van der Waals surface area contributed by atoms with Crippen LogP contribution in [0, 0.1) is 5.92 Å². The Morgan fingerprint density at radius 2 is 1.97 bits per heavy atom. The highest BCUT2D eigenvalue weighted by molar-refractivity contribution is 7.99. The highest BCUT2D eigenvalue weighted by Crippen LogP contribution is 2.27. The van der Waals surface area contributed by atoms with E-state index in [4.69, 9.17) is 10.5 Å². The molecular weight excluding hydrogens is 420 g/mol. The van der Waals surface area contributed by atoms with Gasteiger partial charge in [-0.2, -0.15) is 0 Å². The highest BCUT2D eigenvalue weighted by Gasteiger charge is 2.23. The van der Waals surface area contributed by atoms with Crippen molar-refractivity contribution in [2.75, 3.05) is 18.6 Å². The van der Waals surface area contributed by atoms with Gasteiger partial charge in [-0.15, -0.1) is 10.2 Å². The third-order valence-electron chi connectivity index (χ3n) is 4.60. The lowest BCUT2D eigenvalue weighted by atomic mass is 10.2. The van der Waals surface area contributed by atoms with Crippen molar-refractivity contribution in [2.45, 2.75) is 25.5 Å². The number of aromatic nitrogens is 5. The standard InChI is InChI=1S/C20H24N6O4S/c1-12(2)9-25-17(21)16(18(28)24(3)20(25)29)14(27)10-31-19-23-22-11-26(19)13-7-5-6-8-15(13)30-4/h5-8,11-12H,9-10,21H2,1-4H3. The molecule has 10 nitrogen and oxygen atoms in total. The van der Waals surface area contributed by atoms with Crippen molar-refractivity contribution in [3.63, 3.8) is 0 Å². The van der Waals surface area contributed by atoms with Crippen LogP contribution in [0.15, 0.2) is 45.3 Å². The zero-order chi connectivity index (χ0) is 22.7. The van der Waals surface area contributed by atoms with Crippen LogP contribution in [0.5, 0.6) is 5.75 Å². The van der Waals surface area contributed by atoms with Crippen LogP contribution in [0.4, 0.5) is 5.82 Å². The molecule has 11 heteroatoms. The van der Waals surface area contributed by atoms with Gasteiger partial charge in [0.15, 0.2) is 10.9 Å². The lowest BCUT2D eigenvalue weighted by Gasteiger charge is -2.16. The number of hydrogen-bond acceptors (Lipinski definition) is 8. The average molecular weight is 445 g/mol. The first-order valence-corrected chi connectivity index (χ1v) is 10.5. The monoisotopic (exact) mass is 444 g/mol. The fourth-order valence-electron chi connectivity index (χ4n) is 3.11. The molecule has 3 aromatic rings. The quantitative estimate of drug-likeness (QED) is 0.407. The predicted molar refractivity (Wildman–Crippen MR) is 118 cm³/mol. The smallest absolute Gasteiger partial charge is 0.332 e. The van der Waals surface area contributed by atoms with E-state index < -0.39 is 17.0 Å². The number of rotatable bonds is 8. The van der Waals surface area contributed by atoms with Gasteiger partial charge in [-0.3, -0.25) is 23.3 Å². The van der Waals surface area contributed by atoms with E-state index in [0.717, 1.165) is 16.3 Å². The van der Waals surface area contributed by atoms with Crippen molar-refractivity contribution < 1.29 is 9.53 Å². The molecular formula is C20H24N6O4S. The summed E-state index contributed by atoms with van der Waals surface area (Å²) in [4.78, 5) is 38.0. The minimum Gasteiger partial charge on any atom is -0.495 e. The number of carbonyl (C=O) groups excluding carboxylic acids is 1. The molecule has 1 aromatic carbocycles. The van der Waals surface area contributed by atoms with Crippen molar-refractivity contribution in [1.82, 2.24) is 23.9 Å². The van der Waals surface area contributed by atoms with Gasteiger partial charge in [-0.25, -0.2) is 4.79 Å². The number of hydrogen-bond donors (Lipinski definition) is 1. The Bertz CT molecular complexity index is 1230. The largest absolute Gasteiger partial charge is 0.495 e. The van der Waals surface area contributed by atoms with E-state index in [2.05, 4.69) is 10.2 Å². The average Bonchev–Trinajstić information content (AvgIpc) is 3.22. The van der Waals surface area contributed by atoms with Crippen LogP contribution in [0.3, 0.4) is 0 Å². The molecule has 2 heterocycles. The van der Waals surface area contributed by atoms with Crippen molar-refractivity contribution in [3.8, 4) is 11.4 Å². The first kappa shape index (κ1) is 22.3. The van der Waals surface area contributed by atoms with E-state index in [1.807, 2.05) is 32.0 Å². The lowest BCUT2D eigenvalue weighted by molar-refractivity contribution is 0.102. The molecule has 0 aliphatic carbocycles. The summed E-state index contributed by atoms with van der Waals surface area (Å²) in [6.45, 7) is 4.13. The predicted octanol–water partition coefficient (Wildman–Crippen LogP) is 1.35. The van der Waals surface area contributed by atoms with E-state index in [0.29, 0.717) is 23.1 Å². The third kappa shape index (κ3) is 4.41. The lowest BCUT2D eigenvalue weighted by Crippen LogP contribution is -2.43. The van der Waals surface area contributed by atoms with Crippen LogP contribution in [0.25, 0.3) is 5.69 Å². The van der Waals surface area contributed by atoms with Crippen molar-refractivity contribution in [3.05, 3.63) is 57.0 Å². The van der Waals surface area contributed by atoms with Gasteiger partial charge in [0.2, 0.25) is 0 Å². The van der Waals surface area contributed by atoms with E-state index in [1.165, 1.54) is 17.9 Å². The fourth-order valence-corrected chi connectivity index (χ4v) is 3.90. The van der Waals surface area contributed by atoms with Crippen molar-refractivity contribution >= 4 is 23.4 Å². The zero-order valence-electron chi connectivity index (χ0n) is 17.7. The zero-order valence-corrected chi connectivity index (χ0v) is 18.5. The van der Waals surface area contributed by atoms with Crippen molar-refractivity contribution in [2.24, 2.45) is 13.0 Å². The molecule has 0 aliphatic rings. The Morgan fingerprint density at radius 1 is 1.26 bits per heavy atom. The van der Waals surface area contributed by atoms with Gasteiger partial charge < -0.3 is 10.5 Å². The molecule has 2 aromatic heterocycles. The maximum Gasteiger partial charge on any atom is 0.332 e. The summed E-state index contributed by atoms with van der Waals surface area (Å²) >= 11 is 1.11. The summed E-state index contributed by atoms with van der Waals surface area (Å²) in [7, 11) is 2.90. The second kappa shape index (κ2) is 9.21. The molecule has 0 saturated carbocycles. The summed E-state index contributed by atoms with van der Waals surface area (Å²) in [5.41, 5.74) is 5.34. The fraction of sp³-hybridized carbons (Fsp3) is 0.350. The number of nitrogens with two attached hydrogens (primary N) is 1. The summed E-state index contributed by atoms with van der Waals surface area (Å²) in [5.74, 6) is 0.0186. The molecule has 0 unspecified atom stereocenters. The minimum absolute atomic E-state index is 0.104. The molecule has 0 radical (unpaired) electrons. The Morgan fingerprint density at radius 3 is 2.65 bits per heavy atom. The second-order valence-electron chi connectivity index (χ2n) is 7.28. The van der Waals surface area contributed by atoms with Crippen LogP contribution >= 0.6 is 11.8 Å². The first-order chi connectivity index (χ1) is 14.8. The summed E-state index contributed by atoms with van der Waals surface area (Å²) < 4.78 is 9.24. The number of Topliss-reactive ketones (excluding diaryl/α,β-unsaturated/α-hetero) is 1. The number of methoxy groups -OCH3 is 1. The van der Waals surface area contributed by atoms with Crippen LogP contribution in [0.2, 0.25) is 0 Å². The van der Waals surface area contributed by atoms with Gasteiger partial charge in [0.25, 0.3) is 5.56 Å². The Balaban J connectivity index is 1.91. The Hall–Kier alpha value is -3.34. The number of anilines is 1. The third-order valence-corrected chi connectivity index (χ3v) is 5.55. The second-order valence-corrected chi connectivity index (χ2v) is 8.22. The van der Waals surface area contributed by atoms with Crippen LogP contribution in [0.1, 0.15) is 24.2 Å². The SMILES string of the molecule is COc1ccccc1-n1cnnc1SCC(=O)c1c(N)n(CC(C)C)c(=O)n(C)c1=O. The van der Waals surface area contributed by atoms with Crippen molar-refractivity contribution in [1.29, 1.82) is 0 Å². The molecule has 0 aliphatic heterocycles. The van der Waals surface area contributed by atoms with E-state index >= 15 is 0 Å². The van der Waals surface area contributed by atoms with Crippen LogP contribution < -0.4 is 21.7 Å². The molecule has 164 valence electrons. The number of ether oxygens (including phenoxy) is 1. The number of thioether (sulfide) groups is 1. The molecule has 0 amide bonds. The highest BCUT2D eigenvalue weighted by atomic mass is 32.2. The molecule has 0 bridgehead atoms. The maximum absolute atomic E-state index is 12.9. The number of nitrogens with zero attached hydrogens (tertiary/aromatic N) is 5. The first-order valence-electron chi connectivity index (χ1n) is 9.55. The molecule has 0 atom stereocenters. The van der Waals surface area contributed by atoms with Gasteiger partial charge in [0.05, 0.1) is 18.6 Å². The van der Waals surface area contributed by atoms with Gasteiger partial charge in [0.1, 0.15) is 23.5 Å². The number of nitrogen functional groups attached to an aromatic ring is 1. The van der Waals surface area contributed by atoms with Crippen LogP contribution in [-0.2, 0) is 13.6 Å². The van der Waals surface area contributed by atoms with Gasteiger partial charge in [0, 0.05) is 13.6 Å². The van der Waals surface area contributed by atoms with E-state index in [-0.39, 0.29) is 23.1 Å². The van der Waals surface area contributed by atoms with Gasteiger partial charge in [-0.05, 0) is 18.1 Å². The Labute approximate surface area is 182 Å². The molecule has 2 N–H and O–H groups in total. The van der Waals surface area contributed by atoms with E-state index in [1.54, 1.807) is 17.7 Å². The number of ketones is 1. The summed E-state index contributed by atoms with van der Waals surface area (Å²) in [6.07, 6.45) is 1.51. The Kier molecular flexibility index (Phi) is 6.64. The summed E-state index contributed by atoms with van der Waals surface area (Å²) in [6, 6.07) is 7.33. The normalized spacial score (nSPS) is 11.1. The topological polar surface area (TPSA) is 127 Å². The molecule has 31 heavy (non-hydrogen) atoms. The summed E-state index contributed by atoms with van der Waals surface area (Å²) in [5, 5.41) is 8.43. The minimum atomic E-state index is -0.709. The maximum atomic E-state index is 12.9. The molecule has 0 saturated heterocycles. The number of para-hydroxylation sites is 2. The molecule has 3 rings (SSSR count). The number of benzene rings is 1. The van der Waals surface area contributed by atoms with E-state index in [9.17, 15) is 14.4 Å². The molecule has 0 fully saturated rings. The van der Waals surface area contributed by atoms with Gasteiger partial charge >= 0.3 is 5.69 Å². The van der Waals surface area contributed by atoms with Crippen LogP contribution in [-0.4, -0.2) is 42.5 Å². The molecule has 0 spiro atoms. The van der Waals surface area contributed by atoms with Gasteiger partial charge in [-0.1, -0.05) is 37.7 Å².